The summed E-state index contributed by atoms with van der Waals surface area (Å²) in [5.41, 5.74) is 0. The summed E-state index contributed by atoms with van der Waals surface area (Å²) in [4.78, 5) is 2.77. The molecule has 0 spiro atoms. The Labute approximate surface area is 112 Å². The average Bonchev–Trinajstić information content (AvgIpc) is 3.03. The third-order valence-corrected chi connectivity index (χ3v) is 4.64. The number of methoxy groups -OCH3 is 1. The van der Waals surface area contributed by atoms with Crippen LogP contribution < -0.4 is 5.32 Å². The Morgan fingerprint density at radius 1 is 1.11 bits per heavy atom. The maximum absolute atomic E-state index is 5.03. The summed E-state index contributed by atoms with van der Waals surface area (Å²) in [6.45, 7) is 5.59. The van der Waals surface area contributed by atoms with Gasteiger partial charge in [-0.3, -0.25) is 0 Å². The van der Waals surface area contributed by atoms with E-state index in [0.717, 1.165) is 31.7 Å². The van der Waals surface area contributed by atoms with E-state index in [1.807, 2.05) is 0 Å². The van der Waals surface area contributed by atoms with Crippen LogP contribution in [0.2, 0.25) is 0 Å². The second kappa shape index (κ2) is 8.13. The highest BCUT2D eigenvalue weighted by molar-refractivity contribution is 4.87. The summed E-state index contributed by atoms with van der Waals surface area (Å²) >= 11 is 0. The van der Waals surface area contributed by atoms with Gasteiger partial charge in [0.15, 0.2) is 0 Å². The van der Waals surface area contributed by atoms with Crippen molar-refractivity contribution in [3.63, 3.8) is 0 Å². The van der Waals surface area contributed by atoms with Crippen LogP contribution in [0.5, 0.6) is 0 Å². The molecule has 106 valence electrons. The van der Waals surface area contributed by atoms with E-state index in [1.54, 1.807) is 7.11 Å². The zero-order valence-electron chi connectivity index (χ0n) is 12.0. The van der Waals surface area contributed by atoms with Gasteiger partial charge in [0.1, 0.15) is 0 Å². The molecule has 0 aromatic rings. The molecule has 0 aromatic carbocycles. The predicted octanol–water partition coefficient (Wildman–Crippen LogP) is 2.27. The van der Waals surface area contributed by atoms with Gasteiger partial charge >= 0.3 is 0 Å². The Morgan fingerprint density at radius 2 is 1.94 bits per heavy atom. The van der Waals surface area contributed by atoms with Crippen molar-refractivity contribution in [3.05, 3.63) is 0 Å². The van der Waals surface area contributed by atoms with Crippen LogP contribution in [-0.4, -0.2) is 50.8 Å². The molecule has 2 rings (SSSR count). The molecule has 3 heteroatoms. The van der Waals surface area contributed by atoms with Crippen molar-refractivity contribution in [1.29, 1.82) is 0 Å². The Kier molecular flexibility index (Phi) is 6.46. The predicted molar refractivity (Wildman–Crippen MR) is 75.9 cm³/mol. The van der Waals surface area contributed by atoms with E-state index in [1.165, 1.54) is 58.0 Å². The van der Waals surface area contributed by atoms with Gasteiger partial charge in [0.2, 0.25) is 0 Å². The number of rotatable bonds is 8. The van der Waals surface area contributed by atoms with Gasteiger partial charge in [-0.1, -0.05) is 12.8 Å². The van der Waals surface area contributed by atoms with Crippen molar-refractivity contribution in [2.45, 2.75) is 51.0 Å². The van der Waals surface area contributed by atoms with E-state index < -0.39 is 0 Å². The van der Waals surface area contributed by atoms with Crippen molar-refractivity contribution < 1.29 is 4.74 Å². The van der Waals surface area contributed by atoms with E-state index in [-0.39, 0.29) is 0 Å². The van der Waals surface area contributed by atoms with Crippen LogP contribution >= 0.6 is 0 Å². The molecule has 1 saturated heterocycles. The standard InChI is InChI=1S/C15H30N2O/c1-18-13-10-16-9-5-12-17-11-4-8-15(17)14-6-2-3-7-14/h14-16H,2-13H2,1H3. The molecule has 1 aliphatic heterocycles. The number of hydrogen-bond acceptors (Lipinski definition) is 3. The highest BCUT2D eigenvalue weighted by Crippen LogP contribution is 2.35. The number of ether oxygens (including phenoxy) is 1. The van der Waals surface area contributed by atoms with Crippen LogP contribution in [0.15, 0.2) is 0 Å². The highest BCUT2D eigenvalue weighted by atomic mass is 16.5. The first-order chi connectivity index (χ1) is 8.92. The van der Waals surface area contributed by atoms with Crippen LogP contribution in [-0.2, 0) is 4.74 Å². The van der Waals surface area contributed by atoms with E-state index >= 15 is 0 Å². The minimum absolute atomic E-state index is 0.828. The van der Waals surface area contributed by atoms with Crippen molar-refractivity contribution in [1.82, 2.24) is 10.2 Å². The summed E-state index contributed by atoms with van der Waals surface area (Å²) in [5.74, 6) is 1.02. The molecule has 18 heavy (non-hydrogen) atoms. The van der Waals surface area contributed by atoms with E-state index in [2.05, 4.69) is 10.2 Å². The fourth-order valence-corrected chi connectivity index (χ4v) is 3.71. The second-order valence-electron chi connectivity index (χ2n) is 5.89. The third-order valence-electron chi connectivity index (χ3n) is 4.64. The number of nitrogens with one attached hydrogen (secondary N) is 1. The molecule has 0 amide bonds. The van der Waals surface area contributed by atoms with E-state index in [0.29, 0.717) is 0 Å². The molecule has 0 radical (unpaired) electrons. The molecule has 1 aliphatic carbocycles. The lowest BCUT2D eigenvalue weighted by atomic mass is 9.96. The summed E-state index contributed by atoms with van der Waals surface area (Å²) in [7, 11) is 1.76. The van der Waals surface area contributed by atoms with Crippen LogP contribution in [0.1, 0.15) is 44.9 Å². The SMILES string of the molecule is COCCNCCCN1CCCC1C1CCCC1. The molecule has 3 nitrogen and oxygen atoms in total. The molecule has 1 saturated carbocycles. The maximum Gasteiger partial charge on any atom is 0.0587 e. The van der Waals surface area contributed by atoms with Gasteiger partial charge in [-0.05, 0) is 57.7 Å². The molecule has 0 aromatic heterocycles. The molecule has 1 heterocycles. The Morgan fingerprint density at radius 3 is 2.72 bits per heavy atom. The first-order valence-corrected chi connectivity index (χ1v) is 7.85. The fourth-order valence-electron chi connectivity index (χ4n) is 3.71. The Balaban J connectivity index is 1.59. The number of nitrogens with zero attached hydrogens (tertiary/aromatic N) is 1. The van der Waals surface area contributed by atoms with Gasteiger partial charge in [0.05, 0.1) is 6.61 Å². The minimum atomic E-state index is 0.828. The highest BCUT2D eigenvalue weighted by Gasteiger charge is 2.32. The van der Waals surface area contributed by atoms with Gasteiger partial charge in [0.25, 0.3) is 0 Å². The second-order valence-corrected chi connectivity index (χ2v) is 5.89. The minimum Gasteiger partial charge on any atom is -0.383 e. The first kappa shape index (κ1) is 14.3. The topological polar surface area (TPSA) is 24.5 Å². The van der Waals surface area contributed by atoms with Crippen LogP contribution in [0, 0.1) is 5.92 Å². The lowest BCUT2D eigenvalue weighted by Gasteiger charge is -2.29. The fraction of sp³-hybridized carbons (Fsp3) is 1.00. The normalized spacial score (nSPS) is 26.2. The van der Waals surface area contributed by atoms with Crippen molar-refractivity contribution in [2.24, 2.45) is 5.92 Å². The monoisotopic (exact) mass is 254 g/mol. The number of hydrogen-bond donors (Lipinski definition) is 1. The van der Waals surface area contributed by atoms with E-state index in [9.17, 15) is 0 Å². The molecular weight excluding hydrogens is 224 g/mol. The molecule has 0 bridgehead atoms. The van der Waals surface area contributed by atoms with Crippen molar-refractivity contribution in [2.75, 3.05) is 39.9 Å². The Hall–Kier alpha value is -0.120. The zero-order chi connectivity index (χ0) is 12.6. The lowest BCUT2D eigenvalue weighted by Crippen LogP contribution is -2.36. The molecule has 1 unspecified atom stereocenters. The van der Waals surface area contributed by atoms with Gasteiger partial charge < -0.3 is 15.0 Å². The van der Waals surface area contributed by atoms with Crippen molar-refractivity contribution in [3.8, 4) is 0 Å². The lowest BCUT2D eigenvalue weighted by molar-refractivity contribution is 0.184. The molecular formula is C15H30N2O. The van der Waals surface area contributed by atoms with Crippen LogP contribution in [0.4, 0.5) is 0 Å². The summed E-state index contributed by atoms with van der Waals surface area (Å²) in [6, 6.07) is 0.923. The van der Waals surface area contributed by atoms with Gasteiger partial charge in [0, 0.05) is 19.7 Å². The van der Waals surface area contributed by atoms with Crippen LogP contribution in [0.3, 0.4) is 0 Å². The van der Waals surface area contributed by atoms with Gasteiger partial charge in [-0.2, -0.15) is 0 Å². The molecule has 1 atom stereocenters. The molecule has 2 aliphatic rings. The molecule has 1 N–H and O–H groups in total. The van der Waals surface area contributed by atoms with Crippen molar-refractivity contribution >= 4 is 0 Å². The maximum atomic E-state index is 5.03. The summed E-state index contributed by atoms with van der Waals surface area (Å²) in [5, 5.41) is 3.44. The quantitative estimate of drug-likeness (QED) is 0.673. The largest absolute Gasteiger partial charge is 0.383 e. The van der Waals surface area contributed by atoms with Crippen LogP contribution in [0.25, 0.3) is 0 Å². The van der Waals surface area contributed by atoms with Gasteiger partial charge in [-0.15, -0.1) is 0 Å². The first-order valence-electron chi connectivity index (χ1n) is 7.85. The zero-order valence-corrected chi connectivity index (χ0v) is 12.0. The summed E-state index contributed by atoms with van der Waals surface area (Å²) < 4.78 is 5.03. The number of likely N-dealkylation sites (tertiary alicyclic amines) is 1. The molecule has 2 fully saturated rings. The summed E-state index contributed by atoms with van der Waals surface area (Å²) in [6.07, 6.45) is 10.1. The van der Waals surface area contributed by atoms with E-state index in [4.69, 9.17) is 4.74 Å². The average molecular weight is 254 g/mol. The van der Waals surface area contributed by atoms with Gasteiger partial charge in [-0.25, -0.2) is 0 Å². The Bertz CT molecular complexity index is 217. The smallest absolute Gasteiger partial charge is 0.0587 e. The third kappa shape index (κ3) is 4.22.